The Kier molecular flexibility index (Phi) is 9.05. The number of aromatic nitrogens is 3. The zero-order chi connectivity index (χ0) is 33.9. The Labute approximate surface area is 264 Å². The number of H-pyrrole nitrogens is 1. The van der Waals surface area contributed by atoms with E-state index >= 15 is 0 Å². The van der Waals surface area contributed by atoms with Crippen LogP contribution in [0.2, 0.25) is 0 Å². The van der Waals surface area contributed by atoms with Crippen molar-refractivity contribution < 1.29 is 40.4 Å². The van der Waals surface area contributed by atoms with E-state index in [1.807, 2.05) is 0 Å². The van der Waals surface area contributed by atoms with Crippen molar-refractivity contribution in [2.75, 3.05) is 5.32 Å². The third-order valence-corrected chi connectivity index (χ3v) is 8.66. The number of fused-ring (bicyclic) bond motifs is 1. The second kappa shape index (κ2) is 13.0. The van der Waals surface area contributed by atoms with Crippen LogP contribution in [0.15, 0.2) is 97.6 Å². The van der Waals surface area contributed by atoms with E-state index in [4.69, 9.17) is 11.8 Å². The van der Waals surface area contributed by atoms with E-state index in [0.29, 0.717) is 0 Å². The van der Waals surface area contributed by atoms with Crippen molar-refractivity contribution in [1.82, 2.24) is 15.0 Å². The molecule has 0 spiro atoms. The molecule has 5 rings (SSSR count). The summed E-state index contributed by atoms with van der Waals surface area (Å²) in [6.07, 6.45) is 0.178. The number of aromatic amines is 1. The molecule has 47 heavy (non-hydrogen) atoms. The molecule has 0 aliphatic carbocycles. The fourth-order valence-corrected chi connectivity index (χ4v) is 5.81. The van der Waals surface area contributed by atoms with Gasteiger partial charge in [0.15, 0.2) is 5.75 Å². The summed E-state index contributed by atoms with van der Waals surface area (Å²) in [4.78, 5) is 33.1. The molecule has 0 saturated carbocycles. The zero-order valence-electron chi connectivity index (χ0n) is 23.6. The summed E-state index contributed by atoms with van der Waals surface area (Å²) in [5.74, 6) is 7.51. The van der Waals surface area contributed by atoms with Crippen molar-refractivity contribution in [3.8, 4) is 5.75 Å². The van der Waals surface area contributed by atoms with Gasteiger partial charge < -0.3 is 15.5 Å². The fraction of sp³-hybridized carbons (Fsp3) is 0.0370. The average Bonchev–Trinajstić information content (AvgIpc) is 3.04. The molecule has 0 aliphatic heterocycles. The van der Waals surface area contributed by atoms with E-state index in [-0.39, 0.29) is 45.9 Å². The number of hydrogen-bond acceptors (Lipinski definition) is 16. The van der Waals surface area contributed by atoms with Crippen LogP contribution in [0.5, 0.6) is 5.75 Å². The minimum absolute atomic E-state index is 0.168. The first-order chi connectivity index (χ1) is 22.3. The molecule has 4 aromatic carbocycles. The lowest BCUT2D eigenvalue weighted by molar-refractivity contribution is 0.0697. The van der Waals surface area contributed by atoms with E-state index in [2.05, 4.69) is 39.1 Å². The topological polar surface area (TPSA) is 292 Å². The first kappa shape index (κ1) is 32.7. The maximum atomic E-state index is 12.9. The van der Waals surface area contributed by atoms with Crippen molar-refractivity contribution in [2.45, 2.75) is 16.2 Å². The van der Waals surface area contributed by atoms with Gasteiger partial charge >= 0.3 is 31.9 Å². The number of nitrogens with two attached hydrogens (primary N) is 2. The van der Waals surface area contributed by atoms with Gasteiger partial charge in [-0.25, -0.2) is 9.59 Å². The van der Waals surface area contributed by atoms with Gasteiger partial charge in [0.25, 0.3) is 0 Å². The predicted octanol–water partition coefficient (Wildman–Crippen LogP) is 2.63. The summed E-state index contributed by atoms with van der Waals surface area (Å²) >= 11 is 0. The molecule has 1 heterocycles. The van der Waals surface area contributed by atoms with Crippen molar-refractivity contribution >= 4 is 60.0 Å². The third-order valence-electron chi connectivity index (χ3n) is 6.49. The van der Waals surface area contributed by atoms with Crippen LogP contribution >= 0.6 is 0 Å². The Bertz CT molecular complexity index is 2330. The van der Waals surface area contributed by atoms with E-state index < -0.39 is 53.1 Å². The normalized spacial score (nSPS) is 12.0. The van der Waals surface area contributed by atoms with Crippen LogP contribution in [-0.4, -0.2) is 48.0 Å². The van der Waals surface area contributed by atoms with Crippen LogP contribution in [0.1, 0.15) is 21.7 Å². The molecule has 0 fully saturated rings. The largest absolute Gasteiger partial charge is 0.505 e. The standard InChI is InChI=1S/C27H22N8O10S2/c28-44-46(40,41)16-11-15-12-20(47(42,43)45-29)23(35-34-18-9-5-4-8-17(18)25(37)38)24(36)22(15)19(13-16)30-26-31-21(32-27(39)33-26)10-14-6-2-1-3-7-14/h1-9,11-13,36H,10,28-29H2,(H,37,38)(H2,30,31,32,33,39). The number of hydrogen-bond donors (Lipinski definition) is 6. The van der Waals surface area contributed by atoms with Gasteiger partial charge in [0.05, 0.1) is 16.1 Å². The Morgan fingerprint density at radius 2 is 1.60 bits per heavy atom. The number of anilines is 2. The highest BCUT2D eigenvalue weighted by Crippen LogP contribution is 2.46. The maximum absolute atomic E-state index is 12.9. The highest BCUT2D eigenvalue weighted by atomic mass is 32.2. The average molecular weight is 683 g/mol. The molecule has 5 aromatic rings. The Morgan fingerprint density at radius 1 is 0.915 bits per heavy atom. The van der Waals surface area contributed by atoms with Gasteiger partial charge in [-0.05, 0) is 41.3 Å². The summed E-state index contributed by atoms with van der Waals surface area (Å²) in [7, 11) is -9.54. The summed E-state index contributed by atoms with van der Waals surface area (Å²) in [6, 6.07) is 17.0. The number of nitrogens with zero attached hydrogens (tertiary/aromatic N) is 4. The number of nitrogens with one attached hydrogen (secondary N) is 2. The molecule has 8 N–H and O–H groups in total. The second-order valence-electron chi connectivity index (χ2n) is 9.48. The number of rotatable bonds is 11. The number of phenols is 1. The molecular weight excluding hydrogens is 660 g/mol. The van der Waals surface area contributed by atoms with E-state index in [0.717, 1.165) is 23.8 Å². The number of phenolic OH excluding ortho intramolecular Hbond substituents is 1. The van der Waals surface area contributed by atoms with Gasteiger partial charge in [-0.1, -0.05) is 42.5 Å². The molecule has 242 valence electrons. The first-order valence-corrected chi connectivity index (χ1v) is 15.8. The smallest absolute Gasteiger partial charge is 0.349 e. The lowest BCUT2D eigenvalue weighted by Crippen LogP contribution is -2.18. The molecular formula is C27H22N8O10S2. The minimum Gasteiger partial charge on any atom is -0.505 e. The summed E-state index contributed by atoms with van der Waals surface area (Å²) in [5.41, 5.74) is -1.59. The van der Waals surface area contributed by atoms with Crippen LogP contribution in [0.25, 0.3) is 10.8 Å². The third kappa shape index (κ3) is 6.96. The quantitative estimate of drug-likeness (QED) is 0.0862. The Hall–Kier alpha value is -5.64. The van der Waals surface area contributed by atoms with Crippen LogP contribution < -0.4 is 22.8 Å². The summed E-state index contributed by atoms with van der Waals surface area (Å²) < 4.78 is 59.2. The van der Waals surface area contributed by atoms with Crippen molar-refractivity contribution in [2.24, 2.45) is 22.0 Å². The van der Waals surface area contributed by atoms with E-state index in [1.54, 1.807) is 30.3 Å². The van der Waals surface area contributed by atoms with Gasteiger partial charge in [-0.3, -0.25) is 4.98 Å². The number of aromatic hydroxyl groups is 1. The summed E-state index contributed by atoms with van der Waals surface area (Å²) in [6.45, 7) is 0. The number of carboxylic acid groups (broad SMARTS) is 1. The van der Waals surface area contributed by atoms with Crippen molar-refractivity contribution in [3.63, 3.8) is 0 Å². The molecule has 0 unspecified atom stereocenters. The van der Waals surface area contributed by atoms with Crippen LogP contribution in [0.3, 0.4) is 0 Å². The van der Waals surface area contributed by atoms with Gasteiger partial charge in [-0.15, -0.1) is 10.2 Å². The van der Waals surface area contributed by atoms with E-state index in [1.165, 1.54) is 24.3 Å². The molecule has 1 aromatic heterocycles. The number of benzene rings is 4. The lowest BCUT2D eigenvalue weighted by atomic mass is 10.1. The first-order valence-electron chi connectivity index (χ1n) is 13.0. The molecule has 0 radical (unpaired) electrons. The van der Waals surface area contributed by atoms with Crippen molar-refractivity contribution in [3.05, 3.63) is 100 Å². The van der Waals surface area contributed by atoms with Crippen LogP contribution in [0, 0.1) is 0 Å². The fourth-order valence-electron chi connectivity index (χ4n) is 4.42. The molecule has 0 saturated heterocycles. The SMILES string of the molecule is NOS(=O)(=O)c1cc(Nc2nc(Cc3ccccc3)[nH]c(=O)n2)c2c(O)c(N=Nc3ccccc3C(=O)O)c(S(=O)(=O)ON)cc2c1. The Balaban J connectivity index is 1.76. The highest BCUT2D eigenvalue weighted by Gasteiger charge is 2.28. The molecule has 18 nitrogen and oxygen atoms in total. The van der Waals surface area contributed by atoms with Crippen molar-refractivity contribution in [1.29, 1.82) is 0 Å². The van der Waals surface area contributed by atoms with Gasteiger partial charge in [-0.2, -0.15) is 47.2 Å². The second-order valence-corrected chi connectivity index (χ2v) is 12.6. The Morgan fingerprint density at radius 3 is 2.28 bits per heavy atom. The van der Waals surface area contributed by atoms with E-state index in [9.17, 15) is 36.6 Å². The van der Waals surface area contributed by atoms with Crippen LogP contribution in [0.4, 0.5) is 23.0 Å². The highest BCUT2D eigenvalue weighted by molar-refractivity contribution is 7.87. The summed E-state index contributed by atoms with van der Waals surface area (Å²) in [5, 5.41) is 30.7. The molecule has 0 bridgehead atoms. The number of carbonyl (C=O) groups is 1. The zero-order valence-corrected chi connectivity index (χ0v) is 25.2. The van der Waals surface area contributed by atoms with Crippen LogP contribution in [-0.2, 0) is 35.2 Å². The number of carboxylic acids is 1. The molecule has 0 atom stereocenters. The van der Waals surface area contributed by atoms with Gasteiger partial charge in [0.1, 0.15) is 22.1 Å². The monoisotopic (exact) mass is 682 g/mol. The predicted molar refractivity (Wildman–Crippen MR) is 163 cm³/mol. The lowest BCUT2D eigenvalue weighted by Gasteiger charge is -2.15. The maximum Gasteiger partial charge on any atom is 0.349 e. The number of azo groups is 1. The molecule has 0 aliphatic rings. The van der Waals surface area contributed by atoms with Gasteiger partial charge in [0, 0.05) is 11.8 Å². The number of aromatic carboxylic acids is 1. The molecule has 20 heteroatoms. The molecule has 0 amide bonds. The van der Waals surface area contributed by atoms with Gasteiger partial charge in [0.2, 0.25) is 5.95 Å². The minimum atomic E-state index is -4.89.